The largest absolute Gasteiger partial charge is 0.479 e. The lowest BCUT2D eigenvalue weighted by atomic mass is 9.98. The molecule has 0 radical (unpaired) electrons. The number of carboxylic acid groups (broad SMARTS) is 1. The van der Waals surface area contributed by atoms with Gasteiger partial charge in [0.05, 0.1) is 6.61 Å². The minimum atomic E-state index is -1.91. The first-order valence-electron chi connectivity index (χ1n) is 31.6. The molecule has 0 aliphatic carbocycles. The Morgan fingerprint density at radius 3 is 1.28 bits per heavy atom. The topological polar surface area (TPSA) is 175 Å². The van der Waals surface area contributed by atoms with Crippen molar-refractivity contribution in [3.8, 4) is 0 Å². The van der Waals surface area contributed by atoms with E-state index in [9.17, 15) is 34.5 Å². The van der Waals surface area contributed by atoms with Gasteiger partial charge in [0.25, 0.3) is 0 Å². The normalized spacial score (nSPS) is 18.4. The van der Waals surface area contributed by atoms with Crippen LogP contribution in [-0.4, -0.2) is 89.2 Å². The molecule has 0 aromatic heterocycles. The Bertz CT molecular complexity index is 1700. The summed E-state index contributed by atoms with van der Waals surface area (Å²) in [7, 11) is 0. The minimum Gasteiger partial charge on any atom is -0.479 e. The molecule has 0 amide bonds. The van der Waals surface area contributed by atoms with Crippen molar-refractivity contribution >= 4 is 23.9 Å². The Labute approximate surface area is 480 Å². The van der Waals surface area contributed by atoms with Crippen molar-refractivity contribution in [3.63, 3.8) is 0 Å². The molecular weight excluding hydrogens is 997 g/mol. The van der Waals surface area contributed by atoms with Crippen LogP contribution >= 0.6 is 0 Å². The maximum absolute atomic E-state index is 13.2. The molecule has 12 nitrogen and oxygen atoms in total. The fourth-order valence-corrected chi connectivity index (χ4v) is 9.14. The average molecular weight is 1110 g/mol. The second kappa shape index (κ2) is 54.5. The molecule has 0 aromatic rings. The maximum atomic E-state index is 13.2. The van der Waals surface area contributed by atoms with Crippen LogP contribution < -0.4 is 0 Å². The van der Waals surface area contributed by atoms with Crippen LogP contribution in [0, 0.1) is 0 Å². The van der Waals surface area contributed by atoms with Crippen LogP contribution in [0.3, 0.4) is 0 Å². The Kier molecular flexibility index (Phi) is 50.3. The van der Waals surface area contributed by atoms with E-state index < -0.39 is 67.3 Å². The van der Waals surface area contributed by atoms with Crippen molar-refractivity contribution in [1.29, 1.82) is 0 Å². The summed E-state index contributed by atoms with van der Waals surface area (Å²) in [6, 6.07) is 0. The van der Waals surface area contributed by atoms with Gasteiger partial charge in [0.15, 0.2) is 24.6 Å². The van der Waals surface area contributed by atoms with Crippen LogP contribution in [0.15, 0.2) is 85.1 Å². The molecule has 1 heterocycles. The SMILES string of the molecule is CC/C=C\C/C=C\C/C=C\C/C=C\C/C=C\CCCC(=O)OCC(COC1OC(C(=O)O)C(O)C(O)C1OC(=O)CCCCCCCCCCCCCCCCC)OC(=O)CCCCCCCCC/C=C\C/C=C\CCCCC. The molecule has 1 rings (SSSR count). The second-order valence-corrected chi connectivity index (χ2v) is 21.3. The van der Waals surface area contributed by atoms with Crippen molar-refractivity contribution in [2.24, 2.45) is 0 Å². The molecule has 0 aromatic carbocycles. The van der Waals surface area contributed by atoms with Crippen LogP contribution in [0.5, 0.6) is 0 Å². The standard InChI is InChI=1S/C67H112O12/c1-4-7-10-13-16-19-22-25-28-30-33-35-38-41-44-47-50-53-59(68)75-56-58(77-60(69)54-51-48-45-42-39-37-34-31-29-26-23-20-17-14-11-8-5-2)57-76-67-65(63(72)62(71)64(79-67)66(73)74)78-61(70)55-52-49-46-43-40-36-32-27-24-21-18-15-12-9-6-3/h7,10,16-17,19-20,25-26,28-29,33,35,41,44,58,62-65,67,71-72H,4-6,8-9,11-15,18,21-24,27,30-32,34,36-40,42-43,45-57H2,1-3H3,(H,73,74)/b10-7-,19-16-,20-17-,28-25-,29-26-,35-33-,44-41-. The van der Waals surface area contributed by atoms with Gasteiger partial charge in [-0.25, -0.2) is 4.79 Å². The third kappa shape index (κ3) is 44.3. The third-order valence-electron chi connectivity index (χ3n) is 14.0. The molecule has 1 saturated heterocycles. The summed E-state index contributed by atoms with van der Waals surface area (Å²) < 4.78 is 28.4. The molecule has 6 atom stereocenters. The second-order valence-electron chi connectivity index (χ2n) is 21.3. The molecule has 0 bridgehead atoms. The Hall–Kier alpha value is -4.10. The predicted octanol–water partition coefficient (Wildman–Crippen LogP) is 16.7. The number of aliphatic hydroxyl groups is 2. The van der Waals surface area contributed by atoms with E-state index in [0.717, 1.165) is 109 Å². The quantitative estimate of drug-likeness (QED) is 0.0228. The molecule has 0 saturated carbocycles. The molecule has 12 heteroatoms. The molecule has 0 spiro atoms. The summed E-state index contributed by atoms with van der Waals surface area (Å²) in [5, 5.41) is 31.5. The van der Waals surface area contributed by atoms with Gasteiger partial charge in [-0.2, -0.15) is 0 Å². The van der Waals surface area contributed by atoms with Crippen LogP contribution in [-0.2, 0) is 42.9 Å². The van der Waals surface area contributed by atoms with E-state index in [1.165, 1.54) is 89.9 Å². The summed E-state index contributed by atoms with van der Waals surface area (Å²) in [6.07, 6.45) is 58.3. The van der Waals surface area contributed by atoms with Gasteiger partial charge in [-0.05, 0) is 89.9 Å². The van der Waals surface area contributed by atoms with Crippen molar-refractivity contribution in [2.45, 2.75) is 302 Å². The van der Waals surface area contributed by atoms with Crippen LogP contribution in [0.25, 0.3) is 0 Å². The van der Waals surface area contributed by atoms with Crippen molar-refractivity contribution in [3.05, 3.63) is 85.1 Å². The number of allylic oxidation sites excluding steroid dienone is 14. The third-order valence-corrected chi connectivity index (χ3v) is 14.0. The first kappa shape index (κ1) is 72.9. The highest BCUT2D eigenvalue weighted by atomic mass is 16.7. The smallest absolute Gasteiger partial charge is 0.335 e. The van der Waals surface area contributed by atoms with E-state index in [0.29, 0.717) is 25.7 Å². The number of carbonyl (C=O) groups excluding carboxylic acids is 3. The van der Waals surface area contributed by atoms with E-state index in [-0.39, 0.29) is 25.9 Å². The zero-order valence-corrected chi connectivity index (χ0v) is 49.8. The maximum Gasteiger partial charge on any atom is 0.335 e. The van der Waals surface area contributed by atoms with E-state index in [2.05, 4.69) is 99.8 Å². The number of hydrogen-bond donors (Lipinski definition) is 3. The first-order chi connectivity index (χ1) is 38.6. The summed E-state index contributed by atoms with van der Waals surface area (Å²) in [6.45, 7) is 5.82. The van der Waals surface area contributed by atoms with Crippen LogP contribution in [0.1, 0.15) is 265 Å². The first-order valence-corrected chi connectivity index (χ1v) is 31.6. The number of carbonyl (C=O) groups is 4. The van der Waals surface area contributed by atoms with Crippen molar-refractivity contribution in [2.75, 3.05) is 13.2 Å². The summed E-state index contributed by atoms with van der Waals surface area (Å²) in [5.41, 5.74) is 0. The molecule has 1 aliphatic heterocycles. The zero-order valence-electron chi connectivity index (χ0n) is 49.8. The number of unbranched alkanes of at least 4 members (excludes halogenated alkanes) is 25. The number of rotatable bonds is 53. The van der Waals surface area contributed by atoms with Gasteiger partial charge in [-0.1, -0.05) is 241 Å². The predicted molar refractivity (Wildman–Crippen MR) is 321 cm³/mol. The highest BCUT2D eigenvalue weighted by Crippen LogP contribution is 2.26. The summed E-state index contributed by atoms with van der Waals surface area (Å²) in [4.78, 5) is 51.2. The number of ether oxygens (including phenoxy) is 5. The van der Waals surface area contributed by atoms with Gasteiger partial charge in [-0.3, -0.25) is 14.4 Å². The molecular formula is C67H112O12. The summed E-state index contributed by atoms with van der Waals surface area (Å²) in [5.74, 6) is -3.20. The van der Waals surface area contributed by atoms with E-state index in [4.69, 9.17) is 23.7 Å². The van der Waals surface area contributed by atoms with Gasteiger partial charge in [0, 0.05) is 19.3 Å². The van der Waals surface area contributed by atoms with Gasteiger partial charge in [0.2, 0.25) is 0 Å². The fourth-order valence-electron chi connectivity index (χ4n) is 9.14. The molecule has 79 heavy (non-hydrogen) atoms. The number of aliphatic hydroxyl groups excluding tert-OH is 2. The van der Waals surface area contributed by atoms with Crippen molar-refractivity contribution < 1.29 is 58.2 Å². The Morgan fingerprint density at radius 2 is 0.810 bits per heavy atom. The van der Waals surface area contributed by atoms with E-state index in [1.54, 1.807) is 0 Å². The number of esters is 3. The zero-order chi connectivity index (χ0) is 57.5. The van der Waals surface area contributed by atoms with Crippen LogP contribution in [0.2, 0.25) is 0 Å². The van der Waals surface area contributed by atoms with Gasteiger partial charge in [-0.15, -0.1) is 0 Å². The molecule has 3 N–H and O–H groups in total. The van der Waals surface area contributed by atoms with Gasteiger partial charge >= 0.3 is 23.9 Å². The van der Waals surface area contributed by atoms with E-state index in [1.807, 2.05) is 6.08 Å². The van der Waals surface area contributed by atoms with E-state index >= 15 is 0 Å². The number of carboxylic acids is 1. The van der Waals surface area contributed by atoms with Gasteiger partial charge < -0.3 is 39.0 Å². The minimum absolute atomic E-state index is 0.0547. The Balaban J connectivity index is 2.72. The fraction of sp³-hybridized carbons (Fsp3) is 0.731. The molecule has 1 fully saturated rings. The monoisotopic (exact) mass is 1110 g/mol. The highest BCUT2D eigenvalue weighted by Gasteiger charge is 2.50. The lowest BCUT2D eigenvalue weighted by Gasteiger charge is -2.40. The van der Waals surface area contributed by atoms with Crippen LogP contribution in [0.4, 0.5) is 0 Å². The highest BCUT2D eigenvalue weighted by molar-refractivity contribution is 5.74. The lowest BCUT2D eigenvalue weighted by Crippen LogP contribution is -2.61. The lowest BCUT2D eigenvalue weighted by molar-refractivity contribution is -0.301. The van der Waals surface area contributed by atoms with Crippen molar-refractivity contribution in [1.82, 2.24) is 0 Å². The average Bonchev–Trinajstić information content (AvgIpc) is 3.46. The van der Waals surface area contributed by atoms with Gasteiger partial charge in [0.1, 0.15) is 18.8 Å². The molecule has 6 unspecified atom stereocenters. The molecule has 452 valence electrons. The number of hydrogen-bond acceptors (Lipinski definition) is 11. The Morgan fingerprint density at radius 1 is 0.430 bits per heavy atom. The summed E-state index contributed by atoms with van der Waals surface area (Å²) >= 11 is 0. The number of aliphatic carboxylic acids is 1. The molecule has 1 aliphatic rings.